The second-order valence-corrected chi connectivity index (χ2v) is 7.73. The normalized spacial score (nSPS) is 12.1. The summed E-state index contributed by atoms with van der Waals surface area (Å²) in [5, 5.41) is 13.2. The molecular formula is C19H21N3O2S2. The lowest BCUT2D eigenvalue weighted by atomic mass is 10.1. The number of thioether (sulfide) groups is 1. The molecule has 2 heterocycles. The zero-order valence-electron chi connectivity index (χ0n) is 14.5. The van der Waals surface area contributed by atoms with Gasteiger partial charge < -0.3 is 15.0 Å². The highest BCUT2D eigenvalue weighted by molar-refractivity contribution is 7.98. The molecule has 0 bridgehead atoms. The number of rotatable bonds is 8. The van der Waals surface area contributed by atoms with Crippen LogP contribution in [-0.4, -0.2) is 45.2 Å². The van der Waals surface area contributed by atoms with E-state index in [1.165, 1.54) is 11.3 Å². The molecule has 26 heavy (non-hydrogen) atoms. The number of hydrogen-bond acceptors (Lipinski definition) is 5. The van der Waals surface area contributed by atoms with Crippen LogP contribution in [0.1, 0.15) is 16.1 Å². The molecule has 1 amide bonds. The number of carbonyl (C=O) groups excluding carboxylic acids is 1. The van der Waals surface area contributed by atoms with Gasteiger partial charge in [-0.25, -0.2) is 4.98 Å². The van der Waals surface area contributed by atoms with Gasteiger partial charge in [-0.05, 0) is 30.6 Å². The molecule has 5 nitrogen and oxygen atoms in total. The van der Waals surface area contributed by atoms with Crippen LogP contribution in [0, 0.1) is 0 Å². The maximum atomic E-state index is 12.9. The molecule has 0 aliphatic heterocycles. The van der Waals surface area contributed by atoms with E-state index in [0.29, 0.717) is 10.6 Å². The van der Waals surface area contributed by atoms with Crippen LogP contribution >= 0.6 is 23.1 Å². The third-order valence-electron chi connectivity index (χ3n) is 3.92. The first kappa shape index (κ1) is 18.7. The molecule has 0 fully saturated rings. The van der Waals surface area contributed by atoms with Gasteiger partial charge in [0.15, 0.2) is 5.13 Å². The Morgan fingerprint density at radius 1 is 1.27 bits per heavy atom. The van der Waals surface area contributed by atoms with Gasteiger partial charge in [-0.15, -0.1) is 0 Å². The maximum absolute atomic E-state index is 12.9. The second kappa shape index (κ2) is 9.02. The van der Waals surface area contributed by atoms with Crippen molar-refractivity contribution in [2.45, 2.75) is 12.5 Å². The fraction of sp³-hybridized carbons (Fsp3) is 0.263. The van der Waals surface area contributed by atoms with Crippen molar-refractivity contribution < 1.29 is 9.90 Å². The summed E-state index contributed by atoms with van der Waals surface area (Å²) < 4.78 is 1.89. The molecule has 3 aromatic rings. The van der Waals surface area contributed by atoms with Crippen LogP contribution in [0.2, 0.25) is 0 Å². The number of hydrogen-bond donors (Lipinski definition) is 2. The minimum atomic E-state index is -0.254. The quantitative estimate of drug-likeness (QED) is 0.621. The van der Waals surface area contributed by atoms with Crippen LogP contribution < -0.4 is 5.32 Å². The molecule has 0 aliphatic rings. The monoisotopic (exact) mass is 387 g/mol. The van der Waals surface area contributed by atoms with Crippen LogP contribution in [0.25, 0.3) is 16.4 Å². The Bertz CT molecular complexity index is 832. The van der Waals surface area contributed by atoms with Crippen LogP contribution in [0.3, 0.4) is 0 Å². The SMILES string of the molecule is CSCCC(CO)NC(=O)c1sc(-n2cccc2)nc1-c1ccccc1. The Labute approximate surface area is 161 Å². The minimum absolute atomic E-state index is 0.0732. The summed E-state index contributed by atoms with van der Waals surface area (Å²) in [6.07, 6.45) is 6.55. The lowest BCUT2D eigenvalue weighted by molar-refractivity contribution is 0.0920. The van der Waals surface area contributed by atoms with Gasteiger partial charge in [0.25, 0.3) is 5.91 Å². The maximum Gasteiger partial charge on any atom is 0.264 e. The van der Waals surface area contributed by atoms with Crippen molar-refractivity contribution in [3.63, 3.8) is 0 Å². The van der Waals surface area contributed by atoms with Gasteiger partial charge in [0.2, 0.25) is 0 Å². The van der Waals surface area contributed by atoms with E-state index in [4.69, 9.17) is 4.98 Å². The lowest BCUT2D eigenvalue weighted by Gasteiger charge is -2.15. The van der Waals surface area contributed by atoms with E-state index in [-0.39, 0.29) is 18.6 Å². The zero-order valence-corrected chi connectivity index (χ0v) is 16.1. The number of aromatic nitrogens is 2. The van der Waals surface area contributed by atoms with E-state index in [2.05, 4.69) is 5.32 Å². The Kier molecular flexibility index (Phi) is 6.49. The molecule has 1 atom stereocenters. The molecule has 1 aromatic carbocycles. The highest BCUT2D eigenvalue weighted by Crippen LogP contribution is 2.30. The predicted molar refractivity (Wildman–Crippen MR) is 108 cm³/mol. The van der Waals surface area contributed by atoms with Crippen LogP contribution in [0.4, 0.5) is 0 Å². The zero-order chi connectivity index (χ0) is 18.4. The third-order valence-corrected chi connectivity index (χ3v) is 5.63. The topological polar surface area (TPSA) is 67.2 Å². The van der Waals surface area contributed by atoms with Crippen molar-refractivity contribution in [1.29, 1.82) is 0 Å². The summed E-state index contributed by atoms with van der Waals surface area (Å²) in [7, 11) is 0. The smallest absolute Gasteiger partial charge is 0.264 e. The Balaban J connectivity index is 1.92. The molecule has 0 saturated heterocycles. The van der Waals surface area contributed by atoms with Crippen molar-refractivity contribution in [3.05, 3.63) is 59.7 Å². The summed E-state index contributed by atoms with van der Waals surface area (Å²) in [5.74, 6) is 0.689. The van der Waals surface area contributed by atoms with Gasteiger partial charge in [0, 0.05) is 18.0 Å². The summed E-state index contributed by atoms with van der Waals surface area (Å²) in [6, 6.07) is 13.3. The minimum Gasteiger partial charge on any atom is -0.394 e. The fourth-order valence-electron chi connectivity index (χ4n) is 2.55. The standard InChI is InChI=1S/C19H21N3O2S2/c1-25-12-9-15(13-23)20-18(24)17-16(14-7-3-2-4-8-14)21-19(26-17)22-10-5-6-11-22/h2-8,10-11,15,23H,9,12-13H2,1H3,(H,20,24). The highest BCUT2D eigenvalue weighted by Gasteiger charge is 2.22. The summed E-state index contributed by atoms with van der Waals surface area (Å²) in [4.78, 5) is 18.1. The molecule has 0 saturated carbocycles. The molecule has 0 radical (unpaired) electrons. The lowest BCUT2D eigenvalue weighted by Crippen LogP contribution is -2.37. The van der Waals surface area contributed by atoms with E-state index in [9.17, 15) is 9.90 Å². The second-order valence-electron chi connectivity index (χ2n) is 5.76. The number of carbonyl (C=O) groups is 1. The van der Waals surface area contributed by atoms with Gasteiger partial charge in [-0.1, -0.05) is 41.7 Å². The highest BCUT2D eigenvalue weighted by atomic mass is 32.2. The van der Waals surface area contributed by atoms with Gasteiger partial charge in [0.1, 0.15) is 4.88 Å². The number of thiazole rings is 1. The molecule has 136 valence electrons. The number of aliphatic hydroxyl groups excluding tert-OH is 1. The molecule has 0 aliphatic carbocycles. The summed E-state index contributed by atoms with van der Waals surface area (Å²) in [5.41, 5.74) is 1.57. The first-order chi connectivity index (χ1) is 12.7. The molecular weight excluding hydrogens is 366 g/mol. The molecule has 3 rings (SSSR count). The van der Waals surface area contributed by atoms with Crippen molar-refractivity contribution in [2.75, 3.05) is 18.6 Å². The van der Waals surface area contributed by atoms with Gasteiger partial charge in [-0.3, -0.25) is 4.79 Å². The van der Waals surface area contributed by atoms with E-state index >= 15 is 0 Å². The van der Waals surface area contributed by atoms with E-state index in [1.54, 1.807) is 11.8 Å². The average Bonchev–Trinajstić information content (AvgIpc) is 3.35. The van der Waals surface area contributed by atoms with Crippen LogP contribution in [0.5, 0.6) is 0 Å². The number of aliphatic hydroxyl groups is 1. The third kappa shape index (κ3) is 4.35. The molecule has 2 N–H and O–H groups in total. The Morgan fingerprint density at radius 3 is 2.65 bits per heavy atom. The first-order valence-corrected chi connectivity index (χ1v) is 10.5. The number of nitrogens with one attached hydrogen (secondary N) is 1. The number of benzene rings is 1. The van der Waals surface area contributed by atoms with E-state index in [0.717, 1.165) is 22.9 Å². The molecule has 7 heteroatoms. The van der Waals surface area contributed by atoms with Crippen LogP contribution in [0.15, 0.2) is 54.9 Å². The first-order valence-electron chi connectivity index (χ1n) is 8.33. The van der Waals surface area contributed by atoms with Crippen LogP contribution in [-0.2, 0) is 0 Å². The molecule has 0 spiro atoms. The predicted octanol–water partition coefficient (Wildman–Crippen LogP) is 3.44. The van der Waals surface area contributed by atoms with Gasteiger partial charge in [0.05, 0.1) is 18.3 Å². The average molecular weight is 388 g/mol. The number of amides is 1. The largest absolute Gasteiger partial charge is 0.394 e. The van der Waals surface area contributed by atoms with E-state index < -0.39 is 0 Å². The Morgan fingerprint density at radius 2 is 2.00 bits per heavy atom. The van der Waals surface area contributed by atoms with Gasteiger partial charge in [-0.2, -0.15) is 11.8 Å². The van der Waals surface area contributed by atoms with Crippen molar-refractivity contribution in [2.24, 2.45) is 0 Å². The Hall–Kier alpha value is -2.09. The molecule has 1 unspecified atom stereocenters. The van der Waals surface area contributed by atoms with Crippen molar-refractivity contribution >= 4 is 29.0 Å². The summed E-state index contributed by atoms with van der Waals surface area (Å²) in [6.45, 7) is -0.0732. The molecule has 2 aromatic heterocycles. The summed E-state index contributed by atoms with van der Waals surface area (Å²) >= 11 is 3.04. The number of nitrogens with zero attached hydrogens (tertiary/aromatic N) is 2. The van der Waals surface area contributed by atoms with E-state index in [1.807, 2.05) is 65.7 Å². The van der Waals surface area contributed by atoms with Gasteiger partial charge >= 0.3 is 0 Å². The van der Waals surface area contributed by atoms with Crippen molar-refractivity contribution in [3.8, 4) is 16.4 Å². The van der Waals surface area contributed by atoms with Crippen molar-refractivity contribution in [1.82, 2.24) is 14.9 Å². The fourth-order valence-corrected chi connectivity index (χ4v) is 4.03.